The highest BCUT2D eigenvalue weighted by Gasteiger charge is 2.23. The maximum atomic E-state index is 12.7. The number of carbonyl (C=O) groups excluding carboxylic acids is 2. The van der Waals surface area contributed by atoms with Gasteiger partial charge in [-0.2, -0.15) is 0 Å². The molecule has 0 spiro atoms. The number of nitrogens with one attached hydrogen (secondary N) is 2. The summed E-state index contributed by atoms with van der Waals surface area (Å²) in [4.78, 5) is 29.6. The van der Waals surface area contributed by atoms with Gasteiger partial charge in [-0.25, -0.2) is 4.98 Å². The monoisotopic (exact) mass is 455 g/mol. The quantitative estimate of drug-likeness (QED) is 0.406. The normalized spacial score (nSPS) is 12.2. The zero-order valence-corrected chi connectivity index (χ0v) is 19.3. The Kier molecular flexibility index (Phi) is 5.28. The number of hydrogen-bond donors (Lipinski definition) is 2. The van der Waals surface area contributed by atoms with Crippen molar-refractivity contribution in [3.63, 3.8) is 0 Å². The summed E-state index contributed by atoms with van der Waals surface area (Å²) >= 11 is 0. The number of fused-ring (bicyclic) bond motifs is 3. The smallest absolute Gasteiger partial charge is 0.275 e. The van der Waals surface area contributed by atoms with E-state index < -0.39 is 0 Å². The molecule has 34 heavy (non-hydrogen) atoms. The number of carbonyl (C=O) groups is 2. The van der Waals surface area contributed by atoms with Crippen LogP contribution in [-0.2, 0) is 23.1 Å². The average molecular weight is 456 g/mol. The highest BCUT2D eigenvalue weighted by Crippen LogP contribution is 2.27. The van der Waals surface area contributed by atoms with Crippen LogP contribution >= 0.6 is 0 Å². The second-order valence-electron chi connectivity index (χ2n) is 9.41. The Morgan fingerprint density at radius 1 is 1.03 bits per heavy atom. The van der Waals surface area contributed by atoms with Gasteiger partial charge in [0.25, 0.3) is 5.91 Å². The molecule has 0 unspecified atom stereocenters. The van der Waals surface area contributed by atoms with Gasteiger partial charge in [-0.3, -0.25) is 9.59 Å². The van der Waals surface area contributed by atoms with Gasteiger partial charge in [-0.15, -0.1) is 0 Å². The number of imidazole rings is 1. The summed E-state index contributed by atoms with van der Waals surface area (Å²) in [5, 5.41) is 9.67. The summed E-state index contributed by atoms with van der Waals surface area (Å²) in [6.45, 7) is 6.07. The van der Waals surface area contributed by atoms with E-state index in [0.717, 1.165) is 17.3 Å². The van der Waals surface area contributed by atoms with E-state index in [2.05, 4.69) is 26.8 Å². The zero-order valence-electron chi connectivity index (χ0n) is 19.3. The first kappa shape index (κ1) is 21.6. The molecule has 0 fully saturated rings. The number of rotatable bonds is 5. The van der Waals surface area contributed by atoms with Crippen LogP contribution in [0.2, 0.25) is 0 Å². The Balaban J connectivity index is 1.19. The molecule has 0 bridgehead atoms. The molecule has 0 atom stereocenters. The summed E-state index contributed by atoms with van der Waals surface area (Å²) in [6.07, 6.45) is 2.59. The van der Waals surface area contributed by atoms with Gasteiger partial charge in [0, 0.05) is 35.5 Å². The lowest BCUT2D eigenvalue weighted by atomic mass is 9.93. The predicted molar refractivity (Wildman–Crippen MR) is 128 cm³/mol. The molecule has 0 saturated carbocycles. The fourth-order valence-corrected chi connectivity index (χ4v) is 3.88. The SMILES string of the molecule is CC(C)(C)c1cc(CC(=O)Nc2ccc(NC(=O)c3cn4c(n3)Cc3ccccc3-4)cc2)no1. The van der Waals surface area contributed by atoms with Crippen LogP contribution in [0.1, 0.15) is 54.1 Å². The second kappa shape index (κ2) is 8.30. The van der Waals surface area contributed by atoms with Crippen LogP contribution in [-0.4, -0.2) is 26.5 Å². The van der Waals surface area contributed by atoms with Gasteiger partial charge < -0.3 is 19.7 Å². The van der Waals surface area contributed by atoms with Crippen LogP contribution < -0.4 is 10.6 Å². The summed E-state index contributed by atoms with van der Waals surface area (Å²) in [6, 6.07) is 16.8. The number of aromatic nitrogens is 3. The van der Waals surface area contributed by atoms with Crippen LogP contribution in [0, 0.1) is 0 Å². The molecule has 8 nitrogen and oxygen atoms in total. The van der Waals surface area contributed by atoms with Crippen LogP contribution in [0.4, 0.5) is 11.4 Å². The van der Waals surface area contributed by atoms with Gasteiger partial charge in [-0.05, 0) is 35.9 Å². The molecule has 2 aromatic heterocycles. The Hall–Kier alpha value is -4.20. The third kappa shape index (κ3) is 4.34. The Labute approximate surface area is 197 Å². The van der Waals surface area contributed by atoms with Gasteiger partial charge in [0.1, 0.15) is 17.3 Å². The zero-order chi connectivity index (χ0) is 23.9. The third-order valence-electron chi connectivity index (χ3n) is 5.68. The van der Waals surface area contributed by atoms with Gasteiger partial charge in [0.05, 0.1) is 17.8 Å². The fraction of sp³-hybridized carbons (Fsp3) is 0.231. The van der Waals surface area contributed by atoms with E-state index in [1.54, 1.807) is 30.5 Å². The molecule has 1 aliphatic heterocycles. The molecule has 0 radical (unpaired) electrons. The van der Waals surface area contributed by atoms with Crippen molar-refractivity contribution in [1.29, 1.82) is 0 Å². The second-order valence-corrected chi connectivity index (χ2v) is 9.41. The van der Waals surface area contributed by atoms with Gasteiger partial charge >= 0.3 is 0 Å². The van der Waals surface area contributed by atoms with Gasteiger partial charge in [0.15, 0.2) is 0 Å². The highest BCUT2D eigenvalue weighted by molar-refractivity contribution is 6.03. The van der Waals surface area contributed by atoms with Crippen LogP contribution in [0.15, 0.2) is 65.3 Å². The lowest BCUT2D eigenvalue weighted by Gasteiger charge is -2.12. The van der Waals surface area contributed by atoms with Crippen molar-refractivity contribution in [1.82, 2.24) is 14.7 Å². The van der Waals surface area contributed by atoms with E-state index in [-0.39, 0.29) is 23.7 Å². The Morgan fingerprint density at radius 3 is 2.44 bits per heavy atom. The van der Waals surface area contributed by atoms with Crippen molar-refractivity contribution in [3.8, 4) is 5.69 Å². The molecule has 0 saturated heterocycles. The predicted octanol–water partition coefficient (Wildman–Crippen LogP) is 4.50. The molecule has 2 amide bonds. The molecule has 8 heteroatoms. The number of benzene rings is 2. The van der Waals surface area contributed by atoms with E-state index in [0.29, 0.717) is 29.2 Å². The summed E-state index contributed by atoms with van der Waals surface area (Å²) in [5.74, 6) is 1.11. The lowest BCUT2D eigenvalue weighted by Crippen LogP contribution is -2.15. The first-order valence-corrected chi connectivity index (χ1v) is 11.1. The molecule has 2 aromatic carbocycles. The van der Waals surface area contributed by atoms with Crippen LogP contribution in [0.3, 0.4) is 0 Å². The Morgan fingerprint density at radius 2 is 1.74 bits per heavy atom. The molecular formula is C26H25N5O3. The van der Waals surface area contributed by atoms with Crippen LogP contribution in [0.25, 0.3) is 5.69 Å². The maximum absolute atomic E-state index is 12.7. The van der Waals surface area contributed by atoms with E-state index >= 15 is 0 Å². The maximum Gasteiger partial charge on any atom is 0.275 e. The molecule has 1 aliphatic rings. The largest absolute Gasteiger partial charge is 0.361 e. The molecular weight excluding hydrogens is 430 g/mol. The fourth-order valence-electron chi connectivity index (χ4n) is 3.88. The van der Waals surface area contributed by atoms with E-state index in [1.165, 1.54) is 5.56 Å². The highest BCUT2D eigenvalue weighted by atomic mass is 16.5. The first-order chi connectivity index (χ1) is 16.3. The number of para-hydroxylation sites is 1. The van der Waals surface area contributed by atoms with Crippen molar-refractivity contribution in [2.75, 3.05) is 10.6 Å². The minimum Gasteiger partial charge on any atom is -0.361 e. The third-order valence-corrected chi connectivity index (χ3v) is 5.68. The van der Waals surface area contributed by atoms with Crippen molar-refractivity contribution in [2.24, 2.45) is 0 Å². The van der Waals surface area contributed by atoms with Gasteiger partial charge in [0.2, 0.25) is 5.91 Å². The molecule has 2 N–H and O–H groups in total. The van der Waals surface area contributed by atoms with Crippen molar-refractivity contribution >= 4 is 23.2 Å². The first-order valence-electron chi connectivity index (χ1n) is 11.1. The number of nitrogens with zero attached hydrogens (tertiary/aromatic N) is 3. The van der Waals surface area contributed by atoms with E-state index in [9.17, 15) is 9.59 Å². The van der Waals surface area contributed by atoms with Crippen molar-refractivity contribution in [2.45, 2.75) is 39.0 Å². The topological polar surface area (TPSA) is 102 Å². The summed E-state index contributed by atoms with van der Waals surface area (Å²) in [7, 11) is 0. The number of anilines is 2. The molecule has 0 aliphatic carbocycles. The van der Waals surface area contributed by atoms with Crippen molar-refractivity contribution < 1.29 is 14.1 Å². The molecule has 172 valence electrons. The standard InChI is InChI=1S/C26H25N5O3/c1-26(2,3)22-13-19(30-34-22)14-24(32)27-17-8-10-18(11-9-17)28-25(33)20-15-31-21-7-5-4-6-16(21)12-23(31)29-20/h4-11,13,15H,12,14H2,1-3H3,(H,27,32)(H,28,33). The molecule has 4 aromatic rings. The number of hydrogen-bond acceptors (Lipinski definition) is 5. The minimum atomic E-state index is -0.281. The average Bonchev–Trinajstić information content (AvgIpc) is 3.49. The van der Waals surface area contributed by atoms with E-state index in [1.807, 2.05) is 49.6 Å². The van der Waals surface area contributed by atoms with Crippen molar-refractivity contribution in [3.05, 3.63) is 89.3 Å². The molecule has 5 rings (SSSR count). The van der Waals surface area contributed by atoms with E-state index in [4.69, 9.17) is 4.52 Å². The van der Waals surface area contributed by atoms with Gasteiger partial charge in [-0.1, -0.05) is 44.1 Å². The molecule has 3 heterocycles. The number of amides is 2. The summed E-state index contributed by atoms with van der Waals surface area (Å²) < 4.78 is 7.29. The Bertz CT molecular complexity index is 1380. The minimum absolute atomic E-state index is 0.117. The lowest BCUT2D eigenvalue weighted by molar-refractivity contribution is -0.115. The van der Waals surface area contributed by atoms with Crippen LogP contribution in [0.5, 0.6) is 0 Å². The summed E-state index contributed by atoms with van der Waals surface area (Å²) in [5.41, 5.74) is 4.29.